The summed E-state index contributed by atoms with van der Waals surface area (Å²) in [5.41, 5.74) is 7.85. The number of anilines is 3. The maximum Gasteiger partial charge on any atom is 0.258 e. The van der Waals surface area contributed by atoms with E-state index in [-0.39, 0.29) is 42.4 Å². The van der Waals surface area contributed by atoms with Crippen LogP contribution in [0, 0.1) is 5.92 Å². The molecule has 10 nitrogen and oxygen atoms in total. The zero-order chi connectivity index (χ0) is 29.2. The second-order valence-corrected chi connectivity index (χ2v) is 10.8. The lowest BCUT2D eigenvalue weighted by molar-refractivity contribution is -0.116. The van der Waals surface area contributed by atoms with E-state index in [1.54, 1.807) is 35.2 Å². The number of rotatable bonds is 12. The number of amides is 3. The molecule has 1 aliphatic rings. The Morgan fingerprint density at radius 3 is 2.42 bits per heavy atom. The molecule has 3 atom stereocenters. The fraction of sp³-hybridized carbons (Fsp3) is 0.500. The summed E-state index contributed by atoms with van der Waals surface area (Å²) in [6.07, 6.45) is 2.50. The van der Waals surface area contributed by atoms with Crippen molar-refractivity contribution < 1.29 is 24.2 Å². The molecule has 0 aliphatic carbocycles. The number of nitrogens with one attached hydrogen (secondary N) is 2. The van der Waals surface area contributed by atoms with Crippen molar-refractivity contribution in [3.8, 4) is 5.75 Å². The molecule has 0 saturated heterocycles. The first-order chi connectivity index (χ1) is 19.1. The predicted molar refractivity (Wildman–Crippen MR) is 157 cm³/mol. The maximum atomic E-state index is 13.5. The number of hydrogen-bond donors (Lipinski definition) is 4. The topological polar surface area (TPSA) is 137 Å². The van der Waals surface area contributed by atoms with Gasteiger partial charge in [-0.2, -0.15) is 0 Å². The summed E-state index contributed by atoms with van der Waals surface area (Å²) in [6, 6.07) is 11.9. The third-order valence-electron chi connectivity index (χ3n) is 7.04. The number of aliphatic hydroxyl groups excluding tert-OH is 1. The van der Waals surface area contributed by atoms with E-state index < -0.39 is 0 Å². The molecule has 1 heterocycles. The SMILES string of the molecule is C[C@H](CO)N1C[C@H](C)[C@H](CN(C)C)Oc2ccc(NC(=O)CCCCCC(=O)Nc3ccccc3N)cc2C1=O. The van der Waals surface area contributed by atoms with Gasteiger partial charge in [0, 0.05) is 37.5 Å². The van der Waals surface area contributed by atoms with E-state index in [1.165, 1.54) is 0 Å². The van der Waals surface area contributed by atoms with Gasteiger partial charge in [-0.3, -0.25) is 14.4 Å². The van der Waals surface area contributed by atoms with Crippen molar-refractivity contribution in [2.75, 3.05) is 50.2 Å². The molecular formula is C30H43N5O5. The number of nitrogens with two attached hydrogens (primary N) is 1. The van der Waals surface area contributed by atoms with Crippen molar-refractivity contribution in [2.45, 2.75) is 58.1 Å². The molecule has 0 aromatic heterocycles. The first kappa shape index (κ1) is 30.9. The van der Waals surface area contributed by atoms with Crippen LogP contribution in [0.5, 0.6) is 5.75 Å². The Morgan fingerprint density at radius 2 is 1.77 bits per heavy atom. The van der Waals surface area contributed by atoms with Gasteiger partial charge >= 0.3 is 0 Å². The minimum absolute atomic E-state index is 0.0513. The van der Waals surface area contributed by atoms with E-state index >= 15 is 0 Å². The summed E-state index contributed by atoms with van der Waals surface area (Å²) in [6.45, 7) is 4.84. The summed E-state index contributed by atoms with van der Waals surface area (Å²) in [5, 5.41) is 15.5. The Bertz CT molecular complexity index is 1170. The molecule has 5 N–H and O–H groups in total. The number of ether oxygens (including phenoxy) is 1. The zero-order valence-corrected chi connectivity index (χ0v) is 24.0. The zero-order valence-electron chi connectivity index (χ0n) is 24.0. The highest BCUT2D eigenvalue weighted by molar-refractivity contribution is 6.00. The average Bonchev–Trinajstić information content (AvgIpc) is 2.91. The number of aliphatic hydroxyl groups is 1. The molecule has 3 rings (SSSR count). The van der Waals surface area contributed by atoms with Crippen LogP contribution in [0.25, 0.3) is 0 Å². The number of benzene rings is 2. The number of nitrogen functional groups attached to an aromatic ring is 1. The Hall–Kier alpha value is -3.63. The smallest absolute Gasteiger partial charge is 0.258 e. The molecule has 0 spiro atoms. The van der Waals surface area contributed by atoms with Crippen LogP contribution in [-0.4, -0.2) is 78.6 Å². The van der Waals surface area contributed by atoms with Gasteiger partial charge in [0.2, 0.25) is 11.8 Å². The van der Waals surface area contributed by atoms with Crippen LogP contribution in [0.1, 0.15) is 56.3 Å². The number of carbonyl (C=O) groups excluding carboxylic acids is 3. The summed E-state index contributed by atoms with van der Waals surface area (Å²) >= 11 is 0. The average molecular weight is 554 g/mol. The Morgan fingerprint density at radius 1 is 1.10 bits per heavy atom. The standard InChI is InChI=1S/C30H43N5O5/c1-20-17-35(21(2)19-36)30(39)23-16-22(14-15-26(23)40-27(20)18-34(3)4)32-28(37)12-6-5-7-13-29(38)33-25-11-9-8-10-24(25)31/h8-11,14-16,20-21,27,36H,5-7,12-13,17-19,31H2,1-4H3,(H,32,37)(H,33,38)/t20-,21+,27-/m0/s1. The van der Waals surface area contributed by atoms with E-state index in [9.17, 15) is 19.5 Å². The highest BCUT2D eigenvalue weighted by Crippen LogP contribution is 2.30. The van der Waals surface area contributed by atoms with Crippen LogP contribution >= 0.6 is 0 Å². The number of para-hydroxylation sites is 2. The first-order valence-electron chi connectivity index (χ1n) is 13.9. The fourth-order valence-electron chi connectivity index (χ4n) is 4.67. The number of likely N-dealkylation sites (N-methyl/N-ethyl adjacent to an activating group) is 1. The van der Waals surface area contributed by atoms with Crippen LogP contribution in [0.2, 0.25) is 0 Å². The molecular weight excluding hydrogens is 510 g/mol. The lowest BCUT2D eigenvalue weighted by Crippen LogP contribution is -2.49. The monoisotopic (exact) mass is 553 g/mol. The van der Waals surface area contributed by atoms with Crippen LogP contribution < -0.4 is 21.1 Å². The number of hydrogen-bond acceptors (Lipinski definition) is 7. The third kappa shape index (κ3) is 8.69. The van der Waals surface area contributed by atoms with Crippen LogP contribution in [0.3, 0.4) is 0 Å². The predicted octanol–water partition coefficient (Wildman–Crippen LogP) is 3.58. The van der Waals surface area contributed by atoms with Gasteiger partial charge in [-0.25, -0.2) is 0 Å². The molecule has 0 bridgehead atoms. The minimum atomic E-state index is -0.355. The summed E-state index contributed by atoms with van der Waals surface area (Å²) in [5.74, 6) is 0.00277. The second kappa shape index (κ2) is 14.7. The summed E-state index contributed by atoms with van der Waals surface area (Å²) in [4.78, 5) is 42.0. The lowest BCUT2D eigenvalue weighted by atomic mass is 9.99. The molecule has 3 amide bonds. The molecule has 1 aliphatic heterocycles. The van der Waals surface area contributed by atoms with Gasteiger partial charge in [-0.1, -0.05) is 25.5 Å². The number of fused-ring (bicyclic) bond motifs is 1. The van der Waals surface area contributed by atoms with E-state index in [0.717, 1.165) is 6.42 Å². The van der Waals surface area contributed by atoms with Gasteiger partial charge in [0.15, 0.2) is 0 Å². The van der Waals surface area contributed by atoms with Gasteiger partial charge < -0.3 is 36.0 Å². The van der Waals surface area contributed by atoms with Gasteiger partial charge in [0.25, 0.3) is 5.91 Å². The Kier molecular flexibility index (Phi) is 11.3. The van der Waals surface area contributed by atoms with Gasteiger partial charge in [0.1, 0.15) is 11.9 Å². The highest BCUT2D eigenvalue weighted by Gasteiger charge is 2.33. The van der Waals surface area contributed by atoms with E-state index in [2.05, 4.69) is 10.6 Å². The first-order valence-corrected chi connectivity index (χ1v) is 13.9. The van der Waals surface area contributed by atoms with Gasteiger partial charge in [-0.05, 0) is 64.2 Å². The lowest BCUT2D eigenvalue weighted by Gasteiger charge is -2.37. The van der Waals surface area contributed by atoms with Crippen molar-refractivity contribution >= 4 is 34.8 Å². The van der Waals surface area contributed by atoms with Crippen molar-refractivity contribution in [3.63, 3.8) is 0 Å². The molecule has 218 valence electrons. The quantitative estimate of drug-likeness (QED) is 0.233. The molecule has 0 radical (unpaired) electrons. The normalized spacial score (nSPS) is 17.9. The molecule has 0 fully saturated rings. The Balaban J connectivity index is 1.57. The summed E-state index contributed by atoms with van der Waals surface area (Å²) < 4.78 is 6.30. The molecule has 40 heavy (non-hydrogen) atoms. The van der Waals surface area contributed by atoms with Crippen molar-refractivity contribution in [2.24, 2.45) is 5.92 Å². The number of unbranched alkanes of at least 4 members (excludes halogenated alkanes) is 2. The maximum absolute atomic E-state index is 13.5. The van der Waals surface area contributed by atoms with E-state index in [4.69, 9.17) is 10.5 Å². The molecule has 0 saturated carbocycles. The largest absolute Gasteiger partial charge is 0.488 e. The van der Waals surface area contributed by atoms with Gasteiger partial charge in [0.05, 0.1) is 29.6 Å². The molecule has 10 heteroatoms. The van der Waals surface area contributed by atoms with Gasteiger partial charge in [-0.15, -0.1) is 0 Å². The summed E-state index contributed by atoms with van der Waals surface area (Å²) in [7, 11) is 3.95. The fourth-order valence-corrected chi connectivity index (χ4v) is 4.67. The van der Waals surface area contributed by atoms with Crippen molar-refractivity contribution in [1.82, 2.24) is 9.80 Å². The van der Waals surface area contributed by atoms with Crippen LogP contribution in [0.15, 0.2) is 42.5 Å². The molecule has 0 unspecified atom stereocenters. The number of nitrogens with zero attached hydrogens (tertiary/aromatic N) is 2. The molecule has 2 aromatic carbocycles. The third-order valence-corrected chi connectivity index (χ3v) is 7.04. The minimum Gasteiger partial charge on any atom is -0.488 e. The highest BCUT2D eigenvalue weighted by atomic mass is 16.5. The molecule has 2 aromatic rings. The Labute approximate surface area is 236 Å². The van der Waals surface area contributed by atoms with E-state index in [0.29, 0.717) is 67.1 Å². The van der Waals surface area contributed by atoms with Crippen molar-refractivity contribution in [1.29, 1.82) is 0 Å². The van der Waals surface area contributed by atoms with Crippen LogP contribution in [-0.2, 0) is 9.59 Å². The van der Waals surface area contributed by atoms with E-state index in [1.807, 2.05) is 45.0 Å². The van der Waals surface area contributed by atoms with Crippen molar-refractivity contribution in [3.05, 3.63) is 48.0 Å². The number of carbonyl (C=O) groups is 3. The second-order valence-electron chi connectivity index (χ2n) is 10.8. The van der Waals surface area contributed by atoms with Crippen LogP contribution in [0.4, 0.5) is 17.1 Å².